The number of carboxylic acids is 1. The summed E-state index contributed by atoms with van der Waals surface area (Å²) in [6.07, 6.45) is 0. The maximum absolute atomic E-state index is 12.2. The molecular formula is C16H21NO5. The average Bonchev–Trinajstić information content (AvgIpc) is 3.07. The topological polar surface area (TPSA) is 84.9 Å². The molecule has 1 aliphatic carbocycles. The molecule has 2 atom stereocenters. The van der Waals surface area contributed by atoms with Gasteiger partial charge in [0.05, 0.1) is 26.1 Å². The van der Waals surface area contributed by atoms with Crippen LogP contribution in [-0.2, 0) is 16.1 Å². The van der Waals surface area contributed by atoms with Crippen LogP contribution >= 0.6 is 0 Å². The van der Waals surface area contributed by atoms with Crippen LogP contribution < -0.4 is 14.8 Å². The minimum Gasteiger partial charge on any atom is -0.493 e. The highest BCUT2D eigenvalue weighted by Gasteiger charge is 2.65. The Hall–Kier alpha value is -2.24. The second-order valence-electron chi connectivity index (χ2n) is 5.99. The number of methoxy groups -OCH3 is 2. The predicted molar refractivity (Wildman–Crippen MR) is 79.8 cm³/mol. The summed E-state index contributed by atoms with van der Waals surface area (Å²) in [6, 6.07) is 5.41. The summed E-state index contributed by atoms with van der Waals surface area (Å²) >= 11 is 0. The fraction of sp³-hybridized carbons (Fsp3) is 0.500. The number of ether oxygens (including phenoxy) is 2. The molecule has 1 amide bonds. The number of amides is 1. The summed E-state index contributed by atoms with van der Waals surface area (Å²) in [5.41, 5.74) is 0.273. The first-order chi connectivity index (χ1) is 10.3. The van der Waals surface area contributed by atoms with Crippen LogP contribution in [0.5, 0.6) is 11.5 Å². The Morgan fingerprint density at radius 1 is 1.23 bits per heavy atom. The van der Waals surface area contributed by atoms with Gasteiger partial charge < -0.3 is 19.9 Å². The summed E-state index contributed by atoms with van der Waals surface area (Å²) in [4.78, 5) is 23.4. The van der Waals surface area contributed by atoms with Crippen LogP contribution in [0.25, 0.3) is 0 Å². The Labute approximate surface area is 129 Å². The highest BCUT2D eigenvalue weighted by molar-refractivity contribution is 5.91. The molecule has 1 fully saturated rings. The molecule has 0 spiro atoms. The zero-order valence-electron chi connectivity index (χ0n) is 13.2. The van der Waals surface area contributed by atoms with E-state index in [0.29, 0.717) is 11.5 Å². The number of para-hydroxylation sites is 1. The normalized spacial score (nSPS) is 21.8. The number of nitrogens with one attached hydrogen (secondary N) is 1. The Morgan fingerprint density at radius 3 is 2.41 bits per heavy atom. The van der Waals surface area contributed by atoms with Gasteiger partial charge in [-0.2, -0.15) is 0 Å². The fourth-order valence-corrected chi connectivity index (χ4v) is 2.97. The van der Waals surface area contributed by atoms with Gasteiger partial charge in [-0.1, -0.05) is 26.0 Å². The van der Waals surface area contributed by atoms with Gasteiger partial charge in [0.15, 0.2) is 11.5 Å². The third-order valence-corrected chi connectivity index (χ3v) is 4.31. The number of rotatable bonds is 6. The SMILES string of the molecule is COc1cccc(CNC(=O)[C@H]2[C@H](C(=O)O)C2(C)C)c1OC. The lowest BCUT2D eigenvalue weighted by Gasteiger charge is -2.13. The largest absolute Gasteiger partial charge is 0.493 e. The van der Waals surface area contributed by atoms with Crippen LogP contribution in [0.2, 0.25) is 0 Å². The van der Waals surface area contributed by atoms with Crippen molar-refractivity contribution in [1.82, 2.24) is 5.32 Å². The first-order valence-corrected chi connectivity index (χ1v) is 7.05. The Bertz CT molecular complexity index is 596. The molecule has 22 heavy (non-hydrogen) atoms. The smallest absolute Gasteiger partial charge is 0.307 e. The van der Waals surface area contributed by atoms with Crippen molar-refractivity contribution >= 4 is 11.9 Å². The fourth-order valence-electron chi connectivity index (χ4n) is 2.97. The number of hydrogen-bond donors (Lipinski definition) is 2. The van der Waals surface area contributed by atoms with E-state index in [-0.39, 0.29) is 12.5 Å². The van der Waals surface area contributed by atoms with E-state index in [4.69, 9.17) is 14.6 Å². The van der Waals surface area contributed by atoms with Crippen LogP contribution in [0.1, 0.15) is 19.4 Å². The lowest BCUT2D eigenvalue weighted by molar-refractivity contribution is -0.140. The molecule has 0 aromatic heterocycles. The zero-order valence-corrected chi connectivity index (χ0v) is 13.2. The van der Waals surface area contributed by atoms with Crippen LogP contribution in [0, 0.1) is 17.3 Å². The number of benzene rings is 1. The summed E-state index contributed by atoms with van der Waals surface area (Å²) in [6.45, 7) is 3.85. The molecule has 1 aromatic rings. The quantitative estimate of drug-likeness (QED) is 0.835. The van der Waals surface area contributed by atoms with Gasteiger partial charge in [-0.05, 0) is 11.5 Å². The van der Waals surface area contributed by atoms with Crippen LogP contribution in [0.4, 0.5) is 0 Å². The summed E-state index contributed by atoms with van der Waals surface area (Å²) in [5, 5.41) is 11.9. The molecule has 1 saturated carbocycles. The highest BCUT2D eigenvalue weighted by Crippen LogP contribution is 2.58. The Morgan fingerprint density at radius 2 is 1.91 bits per heavy atom. The van der Waals surface area contributed by atoms with E-state index in [1.165, 1.54) is 7.11 Å². The minimum absolute atomic E-state index is 0.248. The van der Waals surface area contributed by atoms with Gasteiger partial charge in [-0.3, -0.25) is 9.59 Å². The van der Waals surface area contributed by atoms with Crippen LogP contribution in [0.15, 0.2) is 18.2 Å². The van der Waals surface area contributed by atoms with E-state index in [1.807, 2.05) is 12.1 Å². The van der Waals surface area contributed by atoms with Gasteiger partial charge in [-0.15, -0.1) is 0 Å². The van der Waals surface area contributed by atoms with Crippen molar-refractivity contribution in [2.75, 3.05) is 14.2 Å². The van der Waals surface area contributed by atoms with E-state index in [1.54, 1.807) is 27.0 Å². The van der Waals surface area contributed by atoms with E-state index < -0.39 is 23.2 Å². The van der Waals surface area contributed by atoms with Gasteiger partial charge >= 0.3 is 5.97 Å². The molecule has 0 saturated heterocycles. The molecule has 0 heterocycles. The summed E-state index contributed by atoms with van der Waals surface area (Å²) in [5.74, 6) is -1.15. The standard InChI is InChI=1S/C16H21NO5/c1-16(2)11(12(16)15(19)20)14(18)17-8-9-6-5-7-10(21-3)13(9)22-4/h5-7,11-12H,8H2,1-4H3,(H,17,18)(H,19,20)/t11-,12-/m1/s1. The first kappa shape index (κ1) is 16.1. The molecule has 2 rings (SSSR count). The molecule has 2 N–H and O–H groups in total. The van der Waals surface area contributed by atoms with Crippen molar-refractivity contribution in [2.45, 2.75) is 20.4 Å². The maximum atomic E-state index is 12.2. The van der Waals surface area contributed by atoms with Gasteiger partial charge in [0, 0.05) is 12.1 Å². The molecule has 6 heteroatoms. The van der Waals surface area contributed by atoms with Crippen molar-refractivity contribution in [2.24, 2.45) is 17.3 Å². The second kappa shape index (κ2) is 5.87. The monoisotopic (exact) mass is 307 g/mol. The number of aliphatic carboxylic acids is 1. The summed E-state index contributed by atoms with van der Waals surface area (Å²) in [7, 11) is 3.08. The van der Waals surface area contributed by atoms with Crippen LogP contribution in [0.3, 0.4) is 0 Å². The minimum atomic E-state index is -0.927. The van der Waals surface area contributed by atoms with Gasteiger partial charge in [0.2, 0.25) is 5.91 Å². The average molecular weight is 307 g/mol. The molecule has 6 nitrogen and oxygen atoms in total. The Balaban J connectivity index is 2.05. The third-order valence-electron chi connectivity index (χ3n) is 4.31. The molecule has 0 bridgehead atoms. The number of hydrogen-bond acceptors (Lipinski definition) is 4. The van der Waals surface area contributed by atoms with Gasteiger partial charge in [-0.25, -0.2) is 0 Å². The van der Waals surface area contributed by atoms with Gasteiger partial charge in [0.25, 0.3) is 0 Å². The molecular weight excluding hydrogens is 286 g/mol. The van der Waals surface area contributed by atoms with Crippen molar-refractivity contribution in [3.63, 3.8) is 0 Å². The lowest BCUT2D eigenvalue weighted by Crippen LogP contribution is -2.27. The van der Waals surface area contributed by atoms with E-state index in [9.17, 15) is 9.59 Å². The summed E-state index contributed by atoms with van der Waals surface area (Å²) < 4.78 is 10.5. The number of carbonyl (C=O) groups excluding carboxylic acids is 1. The number of carboxylic acid groups (broad SMARTS) is 1. The van der Waals surface area contributed by atoms with Crippen molar-refractivity contribution in [3.05, 3.63) is 23.8 Å². The number of carbonyl (C=O) groups is 2. The van der Waals surface area contributed by atoms with E-state index in [0.717, 1.165) is 5.56 Å². The van der Waals surface area contributed by atoms with Crippen molar-refractivity contribution in [1.29, 1.82) is 0 Å². The molecule has 120 valence electrons. The van der Waals surface area contributed by atoms with E-state index >= 15 is 0 Å². The zero-order chi connectivity index (χ0) is 16.5. The van der Waals surface area contributed by atoms with Crippen LogP contribution in [-0.4, -0.2) is 31.2 Å². The molecule has 0 unspecified atom stereocenters. The molecule has 1 aliphatic rings. The molecule has 0 aliphatic heterocycles. The predicted octanol–water partition coefficient (Wildman–Crippen LogP) is 1.68. The Kier molecular flexibility index (Phi) is 4.30. The highest BCUT2D eigenvalue weighted by atomic mass is 16.5. The lowest BCUT2D eigenvalue weighted by atomic mass is 10.1. The third kappa shape index (κ3) is 2.73. The molecule has 1 aromatic carbocycles. The van der Waals surface area contributed by atoms with Gasteiger partial charge in [0.1, 0.15) is 0 Å². The maximum Gasteiger partial charge on any atom is 0.307 e. The van der Waals surface area contributed by atoms with E-state index in [2.05, 4.69) is 5.32 Å². The first-order valence-electron chi connectivity index (χ1n) is 7.05. The van der Waals surface area contributed by atoms with Crippen molar-refractivity contribution < 1.29 is 24.2 Å². The van der Waals surface area contributed by atoms with Crippen molar-refractivity contribution in [3.8, 4) is 11.5 Å². The molecule has 0 radical (unpaired) electrons. The second-order valence-corrected chi connectivity index (χ2v) is 5.99.